The third-order valence-electron chi connectivity index (χ3n) is 3.98. The standard InChI is InChI=1S/C21H16Cl2FN3O3/c1-12(29-20-16(23)17(25)15(22)19(24)26-20)21(28)30-27-18(13-8-4-2-5-9-13)14-10-6-3-7-11-14/h2-12H,1H3,(H2,25,26)/t12-/m1/s1. The summed E-state index contributed by atoms with van der Waals surface area (Å²) in [5.74, 6) is -2.29. The van der Waals surface area contributed by atoms with E-state index in [4.69, 9.17) is 38.5 Å². The number of nitrogen functional groups attached to an aromatic ring is 1. The lowest BCUT2D eigenvalue weighted by Gasteiger charge is -2.14. The van der Waals surface area contributed by atoms with E-state index in [1.807, 2.05) is 60.7 Å². The number of carbonyl (C=O) groups is 1. The maximum atomic E-state index is 13.7. The van der Waals surface area contributed by atoms with Crippen LogP contribution in [0, 0.1) is 5.95 Å². The predicted octanol–water partition coefficient (Wildman–Crippen LogP) is 4.87. The van der Waals surface area contributed by atoms with Gasteiger partial charge in [-0.05, 0) is 6.92 Å². The molecule has 154 valence electrons. The molecule has 0 aliphatic carbocycles. The van der Waals surface area contributed by atoms with Gasteiger partial charge in [-0.1, -0.05) is 89.0 Å². The number of aromatic nitrogens is 1. The van der Waals surface area contributed by atoms with E-state index < -0.39 is 23.0 Å². The highest BCUT2D eigenvalue weighted by Crippen LogP contribution is 2.35. The molecule has 1 atom stereocenters. The molecule has 0 aliphatic heterocycles. The van der Waals surface area contributed by atoms with Crippen LogP contribution in [0.25, 0.3) is 0 Å². The van der Waals surface area contributed by atoms with Crippen molar-refractivity contribution in [2.45, 2.75) is 13.0 Å². The Bertz CT molecular complexity index is 1040. The summed E-state index contributed by atoms with van der Waals surface area (Å²) >= 11 is 11.6. The molecule has 0 unspecified atom stereocenters. The molecule has 0 bridgehead atoms. The molecule has 0 amide bonds. The lowest BCUT2D eigenvalue weighted by Crippen LogP contribution is -2.26. The van der Waals surface area contributed by atoms with Gasteiger partial charge in [-0.2, -0.15) is 9.37 Å². The van der Waals surface area contributed by atoms with Crippen molar-refractivity contribution in [3.63, 3.8) is 0 Å². The zero-order valence-electron chi connectivity index (χ0n) is 15.7. The van der Waals surface area contributed by atoms with Crippen LogP contribution in [0.1, 0.15) is 18.1 Å². The van der Waals surface area contributed by atoms with Crippen molar-refractivity contribution in [1.82, 2.24) is 4.98 Å². The Kier molecular flexibility index (Phi) is 6.87. The van der Waals surface area contributed by atoms with E-state index in [1.165, 1.54) is 6.92 Å². The van der Waals surface area contributed by atoms with Crippen molar-refractivity contribution in [1.29, 1.82) is 0 Å². The first-order valence-electron chi connectivity index (χ1n) is 8.74. The molecule has 0 spiro atoms. The molecule has 6 nitrogen and oxygen atoms in total. The fourth-order valence-corrected chi connectivity index (χ4v) is 2.80. The molecule has 30 heavy (non-hydrogen) atoms. The number of ether oxygens (including phenoxy) is 1. The fraction of sp³-hybridized carbons (Fsp3) is 0.0952. The van der Waals surface area contributed by atoms with E-state index in [2.05, 4.69) is 10.1 Å². The van der Waals surface area contributed by atoms with Gasteiger partial charge in [0.1, 0.15) is 15.8 Å². The van der Waals surface area contributed by atoms with Crippen LogP contribution in [0.3, 0.4) is 0 Å². The quantitative estimate of drug-likeness (QED) is 0.252. The number of pyridine rings is 1. The van der Waals surface area contributed by atoms with Crippen molar-refractivity contribution in [2.75, 3.05) is 5.73 Å². The monoisotopic (exact) mass is 447 g/mol. The molecule has 3 rings (SSSR count). The number of halogens is 3. The summed E-state index contributed by atoms with van der Waals surface area (Å²) in [7, 11) is 0. The largest absolute Gasteiger partial charge is 0.461 e. The van der Waals surface area contributed by atoms with Crippen LogP contribution in [0.4, 0.5) is 10.1 Å². The summed E-state index contributed by atoms with van der Waals surface area (Å²) in [6.45, 7) is 1.38. The molecular weight excluding hydrogens is 432 g/mol. The third-order valence-corrected chi connectivity index (χ3v) is 4.71. The molecule has 0 aliphatic rings. The minimum absolute atomic E-state index is 0.209. The minimum atomic E-state index is -1.20. The molecule has 2 N–H and O–H groups in total. The average molecular weight is 448 g/mol. The van der Waals surface area contributed by atoms with Gasteiger partial charge in [0.15, 0.2) is 6.10 Å². The SMILES string of the molecule is C[C@@H](Oc1nc(F)c(Cl)c(N)c1Cl)C(=O)ON=C(c1ccccc1)c1ccccc1. The van der Waals surface area contributed by atoms with Crippen LogP contribution >= 0.6 is 23.2 Å². The number of carbonyl (C=O) groups excluding carboxylic acids is 1. The van der Waals surface area contributed by atoms with E-state index in [-0.39, 0.29) is 16.6 Å². The first-order chi connectivity index (χ1) is 14.4. The van der Waals surface area contributed by atoms with Crippen molar-refractivity contribution < 1.29 is 18.8 Å². The van der Waals surface area contributed by atoms with Crippen LogP contribution in [0.15, 0.2) is 65.8 Å². The van der Waals surface area contributed by atoms with Gasteiger partial charge in [-0.3, -0.25) is 0 Å². The second kappa shape index (κ2) is 9.56. The van der Waals surface area contributed by atoms with Crippen LogP contribution in [0.2, 0.25) is 10.0 Å². The molecule has 0 saturated heterocycles. The number of oxime groups is 1. The summed E-state index contributed by atoms with van der Waals surface area (Å²) in [6.07, 6.45) is -1.20. The second-order valence-corrected chi connectivity index (χ2v) is 6.85. The summed E-state index contributed by atoms with van der Waals surface area (Å²) in [5.41, 5.74) is 7.32. The first kappa shape index (κ1) is 21.5. The Hall–Kier alpha value is -3.16. The second-order valence-electron chi connectivity index (χ2n) is 6.09. The van der Waals surface area contributed by atoms with Gasteiger partial charge in [0.05, 0.1) is 5.69 Å². The van der Waals surface area contributed by atoms with Crippen LogP contribution in [-0.2, 0) is 9.63 Å². The highest BCUT2D eigenvalue weighted by atomic mass is 35.5. The van der Waals surface area contributed by atoms with E-state index in [1.54, 1.807) is 0 Å². The molecule has 0 radical (unpaired) electrons. The third kappa shape index (κ3) is 4.87. The first-order valence-corrected chi connectivity index (χ1v) is 9.50. The van der Waals surface area contributed by atoms with Gasteiger partial charge in [-0.25, -0.2) is 4.79 Å². The van der Waals surface area contributed by atoms with Crippen molar-refractivity contribution in [3.05, 3.63) is 87.8 Å². The van der Waals surface area contributed by atoms with Crippen molar-refractivity contribution in [2.24, 2.45) is 5.16 Å². The van der Waals surface area contributed by atoms with Crippen LogP contribution < -0.4 is 10.5 Å². The molecule has 9 heteroatoms. The van der Waals surface area contributed by atoms with Gasteiger partial charge in [0.2, 0.25) is 11.8 Å². The Labute approximate surface area is 182 Å². The Balaban J connectivity index is 1.80. The van der Waals surface area contributed by atoms with Gasteiger partial charge >= 0.3 is 5.97 Å². The zero-order chi connectivity index (χ0) is 21.7. The van der Waals surface area contributed by atoms with Crippen LogP contribution in [0.5, 0.6) is 5.88 Å². The Morgan fingerprint density at radius 1 is 1.03 bits per heavy atom. The molecule has 1 heterocycles. The highest BCUT2D eigenvalue weighted by Gasteiger charge is 2.23. The minimum Gasteiger partial charge on any atom is -0.461 e. The molecule has 2 aromatic carbocycles. The lowest BCUT2D eigenvalue weighted by molar-refractivity contribution is -0.151. The number of benzene rings is 2. The molecule has 3 aromatic rings. The smallest absolute Gasteiger partial charge is 0.374 e. The summed E-state index contributed by atoms with van der Waals surface area (Å²) in [6, 6.07) is 18.4. The summed E-state index contributed by atoms with van der Waals surface area (Å²) in [4.78, 5) is 20.9. The highest BCUT2D eigenvalue weighted by molar-refractivity contribution is 6.39. The van der Waals surface area contributed by atoms with Gasteiger partial charge in [-0.15, -0.1) is 0 Å². The number of rotatable bonds is 6. The number of nitrogens with zero attached hydrogens (tertiary/aromatic N) is 2. The Morgan fingerprint density at radius 3 is 2.10 bits per heavy atom. The fourth-order valence-electron chi connectivity index (χ4n) is 2.43. The molecular formula is C21H16Cl2FN3O3. The number of nitrogens with two attached hydrogens (primary N) is 1. The van der Waals surface area contributed by atoms with Crippen molar-refractivity contribution in [3.8, 4) is 5.88 Å². The molecule has 0 fully saturated rings. The summed E-state index contributed by atoms with van der Waals surface area (Å²) < 4.78 is 19.0. The number of hydrogen-bond donors (Lipinski definition) is 1. The topological polar surface area (TPSA) is 86.8 Å². The molecule has 0 saturated carbocycles. The van der Waals surface area contributed by atoms with E-state index >= 15 is 0 Å². The van der Waals surface area contributed by atoms with E-state index in [0.717, 1.165) is 11.1 Å². The zero-order valence-corrected chi connectivity index (χ0v) is 17.2. The Morgan fingerprint density at radius 2 is 1.57 bits per heavy atom. The van der Waals surface area contributed by atoms with Crippen LogP contribution in [-0.4, -0.2) is 22.8 Å². The van der Waals surface area contributed by atoms with Gasteiger partial charge < -0.3 is 15.3 Å². The maximum Gasteiger partial charge on any atom is 0.374 e. The normalized spacial score (nSPS) is 11.5. The average Bonchev–Trinajstić information content (AvgIpc) is 2.77. The van der Waals surface area contributed by atoms with E-state index in [9.17, 15) is 9.18 Å². The van der Waals surface area contributed by atoms with Crippen molar-refractivity contribution >= 4 is 40.6 Å². The van der Waals surface area contributed by atoms with E-state index in [0.29, 0.717) is 5.71 Å². The maximum absolute atomic E-state index is 13.7. The lowest BCUT2D eigenvalue weighted by atomic mass is 10.0. The van der Waals surface area contributed by atoms with Gasteiger partial charge in [0.25, 0.3) is 0 Å². The predicted molar refractivity (Wildman–Crippen MR) is 113 cm³/mol. The summed E-state index contributed by atoms with van der Waals surface area (Å²) in [5, 5.41) is 3.37. The number of anilines is 1. The molecule has 1 aromatic heterocycles. The van der Waals surface area contributed by atoms with Gasteiger partial charge in [0, 0.05) is 11.1 Å². The number of hydrogen-bond acceptors (Lipinski definition) is 6.